The first-order valence-corrected chi connectivity index (χ1v) is 8.89. The zero-order valence-electron chi connectivity index (χ0n) is 14.0. The highest BCUT2D eigenvalue weighted by atomic mass is 16.1. The molecule has 20 heavy (non-hydrogen) atoms. The second-order valence-electron chi connectivity index (χ2n) is 6.04. The van der Waals surface area contributed by atoms with E-state index in [2.05, 4.69) is 20.4 Å². The Labute approximate surface area is 127 Å². The fraction of sp³-hybridized carbons (Fsp3) is 0.842. The molecule has 1 nitrogen and oxygen atoms in total. The van der Waals surface area contributed by atoms with Gasteiger partial charge in [0.1, 0.15) is 5.78 Å². The van der Waals surface area contributed by atoms with E-state index in [0.29, 0.717) is 18.1 Å². The zero-order chi connectivity index (χ0) is 15.1. The minimum absolute atomic E-state index is 0.327. The molecule has 0 saturated carbocycles. The van der Waals surface area contributed by atoms with E-state index in [0.717, 1.165) is 19.3 Å². The molecule has 0 rings (SSSR count). The second kappa shape index (κ2) is 14.8. The van der Waals surface area contributed by atoms with E-state index in [-0.39, 0.29) is 0 Å². The summed E-state index contributed by atoms with van der Waals surface area (Å²) in [6, 6.07) is 0. The molecule has 0 amide bonds. The molecule has 1 heteroatoms. The van der Waals surface area contributed by atoms with Gasteiger partial charge in [-0.2, -0.15) is 0 Å². The van der Waals surface area contributed by atoms with Gasteiger partial charge < -0.3 is 0 Å². The van der Waals surface area contributed by atoms with Gasteiger partial charge in [0.15, 0.2) is 0 Å². The number of allylic oxidation sites excluding steroid dienone is 1. The third kappa shape index (κ3) is 11.3. The van der Waals surface area contributed by atoms with Crippen LogP contribution in [0.15, 0.2) is 12.7 Å². The first kappa shape index (κ1) is 19.4. The van der Waals surface area contributed by atoms with Crippen LogP contribution < -0.4 is 0 Å². The van der Waals surface area contributed by atoms with Gasteiger partial charge in [-0.1, -0.05) is 77.7 Å². The highest BCUT2D eigenvalue weighted by molar-refractivity contribution is 5.81. The summed E-state index contributed by atoms with van der Waals surface area (Å²) in [5.74, 6) is 0.810. The van der Waals surface area contributed by atoms with E-state index in [1.807, 2.05) is 6.08 Å². The average Bonchev–Trinajstić information content (AvgIpc) is 2.46. The topological polar surface area (TPSA) is 17.1 Å². The number of ketones is 1. The second-order valence-corrected chi connectivity index (χ2v) is 6.04. The largest absolute Gasteiger partial charge is 0.299 e. The molecular formula is C19H36O. The maximum Gasteiger partial charge on any atom is 0.136 e. The van der Waals surface area contributed by atoms with Gasteiger partial charge in [-0.3, -0.25) is 4.79 Å². The first-order chi connectivity index (χ1) is 9.76. The fourth-order valence-corrected chi connectivity index (χ4v) is 2.73. The number of rotatable bonds is 15. The molecule has 0 fully saturated rings. The van der Waals surface area contributed by atoms with Gasteiger partial charge >= 0.3 is 0 Å². The molecule has 0 N–H and O–H groups in total. The van der Waals surface area contributed by atoms with Crippen LogP contribution >= 0.6 is 0 Å². The van der Waals surface area contributed by atoms with Gasteiger partial charge in [0, 0.05) is 12.3 Å². The molecular weight excluding hydrogens is 244 g/mol. The molecule has 0 aromatic heterocycles. The van der Waals surface area contributed by atoms with Crippen LogP contribution in [0.5, 0.6) is 0 Å². The van der Waals surface area contributed by atoms with E-state index >= 15 is 0 Å². The van der Waals surface area contributed by atoms with Crippen molar-refractivity contribution < 1.29 is 4.79 Å². The van der Waals surface area contributed by atoms with E-state index in [1.54, 1.807) is 0 Å². The summed E-state index contributed by atoms with van der Waals surface area (Å²) in [6.45, 7) is 8.20. The SMILES string of the molecule is C=CCCC(=O)C(CCCCCC)CCCCCCC. The molecule has 0 bridgehead atoms. The summed E-state index contributed by atoms with van der Waals surface area (Å²) in [4.78, 5) is 12.2. The lowest BCUT2D eigenvalue weighted by molar-refractivity contribution is -0.123. The number of carbonyl (C=O) groups excluding carboxylic acids is 1. The summed E-state index contributed by atoms with van der Waals surface area (Å²) in [5.41, 5.74) is 0. The molecule has 0 aliphatic rings. The van der Waals surface area contributed by atoms with Crippen molar-refractivity contribution in [1.29, 1.82) is 0 Å². The summed E-state index contributed by atoms with van der Waals surface area (Å²) in [5, 5.41) is 0. The summed E-state index contributed by atoms with van der Waals surface area (Å²) < 4.78 is 0. The molecule has 1 unspecified atom stereocenters. The van der Waals surface area contributed by atoms with Crippen molar-refractivity contribution in [2.45, 2.75) is 97.3 Å². The molecule has 0 heterocycles. The molecule has 118 valence electrons. The van der Waals surface area contributed by atoms with Crippen molar-refractivity contribution in [2.75, 3.05) is 0 Å². The molecule has 0 aliphatic carbocycles. The Balaban J connectivity index is 3.96. The quantitative estimate of drug-likeness (QED) is 0.248. The highest BCUT2D eigenvalue weighted by Gasteiger charge is 2.16. The molecule has 0 radical (unpaired) electrons. The first-order valence-electron chi connectivity index (χ1n) is 8.89. The van der Waals surface area contributed by atoms with Gasteiger partial charge in [-0.25, -0.2) is 0 Å². The molecule has 0 aromatic rings. The van der Waals surface area contributed by atoms with Crippen LogP contribution in [0.4, 0.5) is 0 Å². The van der Waals surface area contributed by atoms with Crippen molar-refractivity contribution in [3.63, 3.8) is 0 Å². The van der Waals surface area contributed by atoms with Crippen LogP contribution in [0.3, 0.4) is 0 Å². The summed E-state index contributed by atoms with van der Waals surface area (Å²) >= 11 is 0. The molecule has 1 atom stereocenters. The summed E-state index contributed by atoms with van der Waals surface area (Å²) in [7, 11) is 0. The number of Topliss-reactive ketones (excluding diaryl/α,β-unsaturated/α-hetero) is 1. The van der Waals surface area contributed by atoms with Crippen molar-refractivity contribution in [3.8, 4) is 0 Å². The minimum atomic E-state index is 0.327. The Kier molecular flexibility index (Phi) is 14.4. The van der Waals surface area contributed by atoms with Crippen molar-refractivity contribution in [3.05, 3.63) is 12.7 Å². The smallest absolute Gasteiger partial charge is 0.136 e. The van der Waals surface area contributed by atoms with Gasteiger partial charge in [0.05, 0.1) is 0 Å². The third-order valence-electron chi connectivity index (χ3n) is 4.11. The maximum atomic E-state index is 12.2. The maximum absolute atomic E-state index is 12.2. The number of carbonyl (C=O) groups is 1. The van der Waals surface area contributed by atoms with Crippen LogP contribution in [0.25, 0.3) is 0 Å². The van der Waals surface area contributed by atoms with Gasteiger partial charge in [0.2, 0.25) is 0 Å². The van der Waals surface area contributed by atoms with Crippen LogP contribution in [0.1, 0.15) is 97.3 Å². The number of hydrogen-bond acceptors (Lipinski definition) is 1. The summed E-state index contributed by atoms with van der Waals surface area (Å²) in [6.07, 6.45) is 17.2. The van der Waals surface area contributed by atoms with Crippen LogP contribution in [0.2, 0.25) is 0 Å². The lowest BCUT2D eigenvalue weighted by atomic mass is 9.89. The van der Waals surface area contributed by atoms with Crippen LogP contribution in [-0.2, 0) is 4.79 Å². The Morgan fingerprint density at radius 1 is 0.900 bits per heavy atom. The third-order valence-corrected chi connectivity index (χ3v) is 4.11. The minimum Gasteiger partial charge on any atom is -0.299 e. The Morgan fingerprint density at radius 3 is 1.90 bits per heavy atom. The van der Waals surface area contributed by atoms with E-state index in [1.165, 1.54) is 57.8 Å². The highest BCUT2D eigenvalue weighted by Crippen LogP contribution is 2.21. The number of unbranched alkanes of at least 4 members (excludes halogenated alkanes) is 7. The van der Waals surface area contributed by atoms with Crippen LogP contribution in [-0.4, -0.2) is 5.78 Å². The Hall–Kier alpha value is -0.590. The van der Waals surface area contributed by atoms with E-state index in [4.69, 9.17) is 0 Å². The van der Waals surface area contributed by atoms with E-state index < -0.39 is 0 Å². The van der Waals surface area contributed by atoms with Gasteiger partial charge in [-0.15, -0.1) is 6.58 Å². The van der Waals surface area contributed by atoms with Crippen molar-refractivity contribution >= 4 is 5.78 Å². The Morgan fingerprint density at radius 2 is 1.40 bits per heavy atom. The predicted octanol–water partition coefficient (Wildman–Crippen LogP) is 6.47. The van der Waals surface area contributed by atoms with Gasteiger partial charge in [-0.05, 0) is 19.3 Å². The predicted molar refractivity (Wildman–Crippen MR) is 90.1 cm³/mol. The molecule has 0 spiro atoms. The lowest BCUT2D eigenvalue weighted by Crippen LogP contribution is -2.14. The fourth-order valence-electron chi connectivity index (χ4n) is 2.73. The van der Waals surface area contributed by atoms with Crippen LogP contribution in [0, 0.1) is 5.92 Å². The lowest BCUT2D eigenvalue weighted by Gasteiger charge is -2.15. The normalized spacial score (nSPS) is 12.3. The Bertz CT molecular complexity index is 232. The monoisotopic (exact) mass is 280 g/mol. The van der Waals surface area contributed by atoms with Crippen molar-refractivity contribution in [2.24, 2.45) is 5.92 Å². The zero-order valence-corrected chi connectivity index (χ0v) is 14.0. The number of hydrogen-bond donors (Lipinski definition) is 0. The van der Waals surface area contributed by atoms with Gasteiger partial charge in [0.25, 0.3) is 0 Å². The molecule has 0 saturated heterocycles. The standard InChI is InChI=1S/C19H36O/c1-4-7-10-12-14-16-18(15-13-11-8-5-2)19(20)17-9-6-3/h6,18H,3-5,7-17H2,1-2H3. The van der Waals surface area contributed by atoms with Crippen molar-refractivity contribution in [1.82, 2.24) is 0 Å². The molecule has 0 aromatic carbocycles. The molecule has 0 aliphatic heterocycles. The average molecular weight is 280 g/mol. The van der Waals surface area contributed by atoms with E-state index in [9.17, 15) is 4.79 Å².